The second-order valence-corrected chi connectivity index (χ2v) is 6.35. The van der Waals surface area contributed by atoms with E-state index in [1.165, 1.54) is 17.1 Å². The Labute approximate surface area is 145 Å². The van der Waals surface area contributed by atoms with Gasteiger partial charge in [-0.3, -0.25) is 14.2 Å². The number of rotatable bonds is 5. The van der Waals surface area contributed by atoms with Crippen molar-refractivity contribution >= 4 is 5.91 Å². The molecule has 1 aliphatic heterocycles. The molecule has 1 N–H and O–H groups in total. The molecule has 0 atom stereocenters. The number of carbonyl (C=O) groups is 1. The Morgan fingerprint density at radius 2 is 2.16 bits per heavy atom. The van der Waals surface area contributed by atoms with Gasteiger partial charge in [-0.25, -0.2) is 4.98 Å². The third kappa shape index (κ3) is 4.30. The molecule has 2 aromatic heterocycles. The van der Waals surface area contributed by atoms with Crippen molar-refractivity contribution in [2.75, 3.05) is 20.1 Å². The number of amides is 1. The highest BCUT2D eigenvalue weighted by molar-refractivity contribution is 5.76. The van der Waals surface area contributed by atoms with Gasteiger partial charge in [-0.05, 0) is 39.9 Å². The van der Waals surface area contributed by atoms with Crippen LogP contribution in [0.5, 0.6) is 0 Å². The standard InChI is InChI=1S/C16H22N6O3/c1-11-18-15(25-20-11)13-9-17-10-22(16(13)24)8-5-14(23)19-12-3-6-21(2)7-4-12/h9-10,12H,3-8H2,1-2H3,(H,19,23). The van der Waals surface area contributed by atoms with Gasteiger partial charge in [0, 0.05) is 25.2 Å². The average molecular weight is 346 g/mol. The summed E-state index contributed by atoms with van der Waals surface area (Å²) in [6.07, 6.45) is 4.94. The first-order chi connectivity index (χ1) is 12.0. The van der Waals surface area contributed by atoms with Crippen LogP contribution in [0.4, 0.5) is 0 Å². The van der Waals surface area contributed by atoms with Crippen LogP contribution in [0, 0.1) is 6.92 Å². The van der Waals surface area contributed by atoms with Gasteiger partial charge < -0.3 is 14.7 Å². The molecule has 1 aliphatic rings. The monoisotopic (exact) mass is 346 g/mol. The summed E-state index contributed by atoms with van der Waals surface area (Å²) in [6.45, 7) is 3.90. The molecule has 0 spiro atoms. The molecule has 1 saturated heterocycles. The van der Waals surface area contributed by atoms with Crippen molar-refractivity contribution in [3.05, 3.63) is 28.7 Å². The van der Waals surface area contributed by atoms with E-state index in [2.05, 4.69) is 32.4 Å². The molecule has 1 fully saturated rings. The maximum Gasteiger partial charge on any atom is 0.266 e. The topological polar surface area (TPSA) is 106 Å². The predicted molar refractivity (Wildman–Crippen MR) is 89.8 cm³/mol. The largest absolute Gasteiger partial charge is 0.353 e. The molecular formula is C16H22N6O3. The molecule has 9 heteroatoms. The van der Waals surface area contributed by atoms with Gasteiger partial charge in [0.2, 0.25) is 5.91 Å². The molecule has 2 aromatic rings. The summed E-state index contributed by atoms with van der Waals surface area (Å²) >= 11 is 0. The lowest BCUT2D eigenvalue weighted by Crippen LogP contribution is -2.43. The lowest BCUT2D eigenvalue weighted by Gasteiger charge is -2.29. The maximum absolute atomic E-state index is 12.5. The van der Waals surface area contributed by atoms with Crippen LogP contribution in [0.15, 0.2) is 21.8 Å². The van der Waals surface area contributed by atoms with Crippen LogP contribution in [0.25, 0.3) is 11.5 Å². The number of piperidine rings is 1. The average Bonchev–Trinajstić information content (AvgIpc) is 3.02. The fraction of sp³-hybridized carbons (Fsp3) is 0.562. The molecular weight excluding hydrogens is 324 g/mol. The molecule has 0 aliphatic carbocycles. The summed E-state index contributed by atoms with van der Waals surface area (Å²) in [6, 6.07) is 0.214. The number of likely N-dealkylation sites (tertiary alicyclic amines) is 1. The summed E-state index contributed by atoms with van der Waals surface area (Å²) in [4.78, 5) is 34.9. The van der Waals surface area contributed by atoms with Crippen LogP contribution in [-0.4, -0.2) is 56.7 Å². The molecule has 3 heterocycles. The second kappa shape index (κ2) is 7.56. The normalized spacial score (nSPS) is 16.1. The van der Waals surface area contributed by atoms with Crippen LogP contribution < -0.4 is 10.9 Å². The van der Waals surface area contributed by atoms with Crippen molar-refractivity contribution in [2.45, 2.75) is 38.8 Å². The number of carbonyl (C=O) groups excluding carboxylic acids is 1. The summed E-state index contributed by atoms with van der Waals surface area (Å²) < 4.78 is 6.42. The molecule has 0 unspecified atom stereocenters. The Hall–Kier alpha value is -2.55. The van der Waals surface area contributed by atoms with Crippen LogP contribution in [0.1, 0.15) is 25.1 Å². The van der Waals surface area contributed by atoms with Gasteiger partial charge in [-0.2, -0.15) is 4.98 Å². The third-order valence-electron chi connectivity index (χ3n) is 4.32. The number of aromatic nitrogens is 4. The highest BCUT2D eigenvalue weighted by Crippen LogP contribution is 2.11. The minimum Gasteiger partial charge on any atom is -0.353 e. The van der Waals surface area contributed by atoms with E-state index in [1.807, 2.05) is 0 Å². The molecule has 9 nitrogen and oxygen atoms in total. The van der Waals surface area contributed by atoms with Crippen LogP contribution >= 0.6 is 0 Å². The summed E-state index contributed by atoms with van der Waals surface area (Å²) in [5.74, 6) is 0.530. The van der Waals surface area contributed by atoms with Crippen LogP contribution in [0.3, 0.4) is 0 Å². The van der Waals surface area contributed by atoms with E-state index in [-0.39, 0.29) is 41.9 Å². The Morgan fingerprint density at radius 1 is 1.40 bits per heavy atom. The number of hydrogen-bond donors (Lipinski definition) is 1. The lowest BCUT2D eigenvalue weighted by atomic mass is 10.1. The highest BCUT2D eigenvalue weighted by atomic mass is 16.5. The maximum atomic E-state index is 12.5. The number of hydrogen-bond acceptors (Lipinski definition) is 7. The zero-order chi connectivity index (χ0) is 17.8. The van der Waals surface area contributed by atoms with Crippen molar-refractivity contribution in [3.63, 3.8) is 0 Å². The Bertz CT molecular complexity index is 791. The summed E-state index contributed by atoms with van der Waals surface area (Å²) in [5.41, 5.74) is -0.0652. The van der Waals surface area contributed by atoms with E-state index in [0.29, 0.717) is 5.82 Å². The fourth-order valence-electron chi connectivity index (χ4n) is 2.84. The number of aryl methyl sites for hydroxylation is 2. The van der Waals surface area contributed by atoms with E-state index >= 15 is 0 Å². The van der Waals surface area contributed by atoms with E-state index in [4.69, 9.17) is 4.52 Å². The molecule has 25 heavy (non-hydrogen) atoms. The van der Waals surface area contributed by atoms with Crippen molar-refractivity contribution in [2.24, 2.45) is 0 Å². The van der Waals surface area contributed by atoms with E-state index in [1.54, 1.807) is 6.92 Å². The first-order valence-corrected chi connectivity index (χ1v) is 8.36. The molecule has 1 amide bonds. The zero-order valence-corrected chi connectivity index (χ0v) is 14.4. The van der Waals surface area contributed by atoms with Gasteiger partial charge in [-0.1, -0.05) is 5.16 Å². The first-order valence-electron chi connectivity index (χ1n) is 8.36. The fourth-order valence-corrected chi connectivity index (χ4v) is 2.84. The van der Waals surface area contributed by atoms with Gasteiger partial charge in [0.05, 0.1) is 6.33 Å². The minimum absolute atomic E-state index is 0.0551. The summed E-state index contributed by atoms with van der Waals surface area (Å²) in [7, 11) is 2.08. The van der Waals surface area contributed by atoms with E-state index in [9.17, 15) is 9.59 Å². The minimum atomic E-state index is -0.300. The molecule has 0 radical (unpaired) electrons. The number of nitrogens with one attached hydrogen (secondary N) is 1. The molecule has 0 bridgehead atoms. The number of nitrogens with zero attached hydrogens (tertiary/aromatic N) is 5. The third-order valence-corrected chi connectivity index (χ3v) is 4.32. The van der Waals surface area contributed by atoms with E-state index in [0.717, 1.165) is 25.9 Å². The van der Waals surface area contributed by atoms with Crippen molar-refractivity contribution in [3.8, 4) is 11.5 Å². The molecule has 0 saturated carbocycles. The van der Waals surface area contributed by atoms with Gasteiger partial charge >= 0.3 is 0 Å². The van der Waals surface area contributed by atoms with Gasteiger partial charge in [0.1, 0.15) is 5.56 Å². The van der Waals surface area contributed by atoms with E-state index < -0.39 is 0 Å². The second-order valence-electron chi connectivity index (χ2n) is 6.35. The molecule has 3 rings (SSSR count). The van der Waals surface area contributed by atoms with Crippen LogP contribution in [0.2, 0.25) is 0 Å². The van der Waals surface area contributed by atoms with Gasteiger partial charge in [0.15, 0.2) is 5.82 Å². The smallest absolute Gasteiger partial charge is 0.266 e. The van der Waals surface area contributed by atoms with Crippen molar-refractivity contribution in [1.82, 2.24) is 29.9 Å². The predicted octanol–water partition coefficient (Wildman–Crippen LogP) is 0.202. The van der Waals surface area contributed by atoms with Gasteiger partial charge in [-0.15, -0.1) is 0 Å². The lowest BCUT2D eigenvalue weighted by molar-refractivity contribution is -0.122. The molecule has 0 aromatic carbocycles. The van der Waals surface area contributed by atoms with Crippen molar-refractivity contribution in [1.29, 1.82) is 0 Å². The van der Waals surface area contributed by atoms with Crippen LogP contribution in [-0.2, 0) is 11.3 Å². The SMILES string of the molecule is Cc1noc(-c2cncn(CCC(=O)NC3CCN(C)CC3)c2=O)n1. The van der Waals surface area contributed by atoms with Gasteiger partial charge in [0.25, 0.3) is 11.4 Å². The quantitative estimate of drug-likeness (QED) is 0.824. The first kappa shape index (κ1) is 17.3. The van der Waals surface area contributed by atoms with Crippen molar-refractivity contribution < 1.29 is 9.32 Å². The Morgan fingerprint density at radius 3 is 2.84 bits per heavy atom. The molecule has 134 valence electrons. The Balaban J connectivity index is 1.60. The Kier molecular flexibility index (Phi) is 5.22. The zero-order valence-electron chi connectivity index (χ0n) is 14.4. The summed E-state index contributed by atoms with van der Waals surface area (Å²) in [5, 5.41) is 6.72. The highest BCUT2D eigenvalue weighted by Gasteiger charge is 2.19.